The van der Waals surface area contributed by atoms with Crippen molar-refractivity contribution in [1.82, 2.24) is 10.2 Å². The second-order valence-electron chi connectivity index (χ2n) is 2.02. The Bertz CT molecular complexity index is 295. The number of thiol groups is 1. The number of carbonyl (C=O) groups excluding carboxylic acids is 1. The van der Waals surface area contributed by atoms with Gasteiger partial charge in [0.05, 0.1) is 11.1 Å². The van der Waals surface area contributed by atoms with E-state index < -0.39 is 5.97 Å². The summed E-state index contributed by atoms with van der Waals surface area (Å²) in [5.41, 5.74) is 0.264. The molecule has 0 aromatic carbocycles. The first kappa shape index (κ1) is 8.86. The van der Waals surface area contributed by atoms with E-state index in [9.17, 15) is 4.79 Å². The second-order valence-corrected chi connectivity index (χ2v) is 2.50. The van der Waals surface area contributed by atoms with Crippen molar-refractivity contribution in [2.45, 2.75) is 4.90 Å². The molecule has 0 aliphatic rings. The molecule has 1 heterocycles. The lowest BCUT2D eigenvalue weighted by atomic mass is 10.4. The molecular weight excluding hydrogens is 176 g/mol. The number of nitrogens with zero attached hydrogens (tertiary/aromatic N) is 1. The summed E-state index contributed by atoms with van der Waals surface area (Å²) in [6, 6.07) is 0. The van der Waals surface area contributed by atoms with E-state index in [4.69, 9.17) is 4.74 Å². The molecule has 0 amide bonds. The highest BCUT2D eigenvalue weighted by Gasteiger charge is 2.11. The summed E-state index contributed by atoms with van der Waals surface area (Å²) in [5.74, 6) is -0.475. The van der Waals surface area contributed by atoms with Gasteiger partial charge in [-0.1, -0.05) is 12.7 Å². The van der Waals surface area contributed by atoms with Crippen LogP contribution >= 0.6 is 12.6 Å². The number of hydrogen-bond acceptors (Lipinski definition) is 4. The van der Waals surface area contributed by atoms with Crippen LogP contribution in [-0.2, 0) is 4.74 Å². The number of hydrogen-bond donors (Lipinski definition) is 2. The first-order valence-electron chi connectivity index (χ1n) is 3.26. The number of H-pyrrole nitrogens is 1. The SMILES string of the molecule is C=CCOC(=O)c1[nH]ncc1S. The predicted molar refractivity (Wildman–Crippen MR) is 46.3 cm³/mol. The molecule has 1 rings (SSSR count). The number of aromatic nitrogens is 2. The van der Waals surface area contributed by atoms with Gasteiger partial charge in [-0.2, -0.15) is 5.10 Å². The molecule has 1 aromatic heterocycles. The van der Waals surface area contributed by atoms with Crippen molar-refractivity contribution in [3.8, 4) is 0 Å². The van der Waals surface area contributed by atoms with Crippen LogP contribution in [0.15, 0.2) is 23.7 Å². The van der Waals surface area contributed by atoms with E-state index in [1.54, 1.807) is 0 Å². The maximum atomic E-state index is 11.1. The van der Waals surface area contributed by atoms with E-state index in [0.717, 1.165) is 0 Å². The van der Waals surface area contributed by atoms with Crippen molar-refractivity contribution >= 4 is 18.6 Å². The quantitative estimate of drug-likeness (QED) is 0.419. The van der Waals surface area contributed by atoms with Crippen LogP contribution in [0.5, 0.6) is 0 Å². The van der Waals surface area contributed by atoms with Gasteiger partial charge in [-0.05, 0) is 0 Å². The van der Waals surface area contributed by atoms with Gasteiger partial charge >= 0.3 is 5.97 Å². The molecule has 0 bridgehead atoms. The van der Waals surface area contributed by atoms with Crippen molar-refractivity contribution in [2.24, 2.45) is 0 Å². The van der Waals surface area contributed by atoms with Crippen LogP contribution in [0.3, 0.4) is 0 Å². The number of rotatable bonds is 3. The largest absolute Gasteiger partial charge is 0.457 e. The molecule has 4 nitrogen and oxygen atoms in total. The van der Waals surface area contributed by atoms with Crippen LogP contribution in [0.1, 0.15) is 10.5 Å². The number of esters is 1. The van der Waals surface area contributed by atoms with E-state index in [-0.39, 0.29) is 12.3 Å². The lowest BCUT2D eigenvalue weighted by molar-refractivity contribution is 0.0539. The smallest absolute Gasteiger partial charge is 0.357 e. The van der Waals surface area contributed by atoms with Crippen molar-refractivity contribution in [3.05, 3.63) is 24.5 Å². The summed E-state index contributed by atoms with van der Waals surface area (Å²) in [7, 11) is 0. The third-order valence-corrected chi connectivity index (χ3v) is 1.49. The van der Waals surface area contributed by atoms with Gasteiger partial charge in [0.1, 0.15) is 6.61 Å². The Morgan fingerprint density at radius 2 is 2.67 bits per heavy atom. The minimum Gasteiger partial charge on any atom is -0.457 e. The zero-order chi connectivity index (χ0) is 8.97. The Morgan fingerprint density at radius 3 is 3.17 bits per heavy atom. The molecule has 0 aliphatic heterocycles. The topological polar surface area (TPSA) is 55.0 Å². The van der Waals surface area contributed by atoms with Crippen LogP contribution in [0, 0.1) is 0 Å². The zero-order valence-electron chi connectivity index (χ0n) is 6.28. The lowest BCUT2D eigenvalue weighted by Crippen LogP contribution is -2.06. The lowest BCUT2D eigenvalue weighted by Gasteiger charge is -1.98. The molecule has 0 radical (unpaired) electrons. The Kier molecular flexibility index (Phi) is 2.93. The van der Waals surface area contributed by atoms with Crippen LogP contribution in [0.4, 0.5) is 0 Å². The minimum absolute atomic E-state index is 0.186. The van der Waals surface area contributed by atoms with Gasteiger partial charge in [-0.3, -0.25) is 5.10 Å². The molecule has 1 N–H and O–H groups in total. The number of aromatic amines is 1. The van der Waals surface area contributed by atoms with Gasteiger partial charge in [0.2, 0.25) is 0 Å². The highest BCUT2D eigenvalue weighted by atomic mass is 32.1. The highest BCUT2D eigenvalue weighted by molar-refractivity contribution is 7.80. The van der Waals surface area contributed by atoms with Crippen molar-refractivity contribution in [2.75, 3.05) is 6.61 Å². The van der Waals surface area contributed by atoms with E-state index in [1.165, 1.54) is 12.3 Å². The maximum absolute atomic E-state index is 11.1. The highest BCUT2D eigenvalue weighted by Crippen LogP contribution is 2.09. The molecule has 0 spiro atoms. The molecule has 64 valence electrons. The second kappa shape index (κ2) is 3.96. The van der Waals surface area contributed by atoms with Crippen molar-refractivity contribution < 1.29 is 9.53 Å². The van der Waals surface area contributed by atoms with Crippen LogP contribution in [0.2, 0.25) is 0 Å². The van der Waals surface area contributed by atoms with Crippen molar-refractivity contribution in [1.29, 1.82) is 0 Å². The zero-order valence-corrected chi connectivity index (χ0v) is 7.17. The minimum atomic E-state index is -0.475. The summed E-state index contributed by atoms with van der Waals surface area (Å²) in [6.07, 6.45) is 2.93. The van der Waals surface area contributed by atoms with E-state index in [1.807, 2.05) is 0 Å². The molecule has 5 heteroatoms. The molecule has 0 aliphatic carbocycles. The normalized spacial score (nSPS) is 9.42. The Labute approximate surface area is 75.0 Å². The fraction of sp³-hybridized carbons (Fsp3) is 0.143. The van der Waals surface area contributed by atoms with Crippen LogP contribution < -0.4 is 0 Å². The first-order chi connectivity index (χ1) is 5.75. The molecule has 0 saturated carbocycles. The van der Waals surface area contributed by atoms with Gasteiger partial charge in [-0.25, -0.2) is 4.79 Å². The first-order valence-corrected chi connectivity index (χ1v) is 3.70. The fourth-order valence-corrected chi connectivity index (χ4v) is 0.836. The van der Waals surface area contributed by atoms with Gasteiger partial charge in [0.15, 0.2) is 5.69 Å². The Balaban J connectivity index is 2.65. The third kappa shape index (κ3) is 1.88. The standard InChI is InChI=1S/C7H8N2O2S/c1-2-3-11-7(10)6-5(12)4-8-9-6/h2,4,12H,1,3H2,(H,8,9). The summed E-state index contributed by atoms with van der Waals surface area (Å²) in [5, 5.41) is 6.10. The average Bonchev–Trinajstić information content (AvgIpc) is 2.47. The van der Waals surface area contributed by atoms with Gasteiger partial charge < -0.3 is 4.74 Å². The molecule has 0 fully saturated rings. The Morgan fingerprint density at radius 1 is 1.92 bits per heavy atom. The number of ether oxygens (including phenoxy) is 1. The number of nitrogens with one attached hydrogen (secondary N) is 1. The van der Waals surface area contributed by atoms with E-state index in [0.29, 0.717) is 4.90 Å². The Hall–Kier alpha value is -1.23. The third-order valence-electron chi connectivity index (χ3n) is 1.16. The van der Waals surface area contributed by atoms with E-state index in [2.05, 4.69) is 29.4 Å². The average molecular weight is 184 g/mol. The summed E-state index contributed by atoms with van der Waals surface area (Å²) in [4.78, 5) is 11.6. The van der Waals surface area contributed by atoms with Gasteiger partial charge in [-0.15, -0.1) is 12.6 Å². The molecule has 0 unspecified atom stereocenters. The fourth-order valence-electron chi connectivity index (χ4n) is 0.637. The van der Waals surface area contributed by atoms with Crippen LogP contribution in [-0.4, -0.2) is 22.8 Å². The molecule has 1 aromatic rings. The molecular formula is C7H8N2O2S. The van der Waals surface area contributed by atoms with E-state index >= 15 is 0 Å². The molecule has 0 saturated heterocycles. The summed E-state index contributed by atoms with van der Waals surface area (Å²) >= 11 is 3.99. The molecule has 0 atom stereocenters. The maximum Gasteiger partial charge on any atom is 0.357 e. The summed E-state index contributed by atoms with van der Waals surface area (Å²) in [6.45, 7) is 3.60. The van der Waals surface area contributed by atoms with Gasteiger partial charge in [0.25, 0.3) is 0 Å². The summed E-state index contributed by atoms with van der Waals surface area (Å²) < 4.78 is 4.74. The predicted octanol–water partition coefficient (Wildman–Crippen LogP) is 1.04. The molecule has 12 heavy (non-hydrogen) atoms. The number of carbonyl (C=O) groups is 1. The van der Waals surface area contributed by atoms with Crippen molar-refractivity contribution in [3.63, 3.8) is 0 Å². The monoisotopic (exact) mass is 184 g/mol. The van der Waals surface area contributed by atoms with Gasteiger partial charge in [0, 0.05) is 0 Å². The van der Waals surface area contributed by atoms with Crippen LogP contribution in [0.25, 0.3) is 0 Å².